The van der Waals surface area contributed by atoms with Gasteiger partial charge in [-0.25, -0.2) is 18.1 Å². The van der Waals surface area contributed by atoms with Gasteiger partial charge in [-0.15, -0.1) is 0 Å². The molecule has 1 atom stereocenters. The van der Waals surface area contributed by atoms with Crippen molar-refractivity contribution < 1.29 is 13.2 Å². The molecule has 29 heavy (non-hydrogen) atoms. The van der Waals surface area contributed by atoms with E-state index in [1.54, 1.807) is 30.2 Å². The van der Waals surface area contributed by atoms with Gasteiger partial charge in [-0.05, 0) is 54.8 Å². The zero-order chi connectivity index (χ0) is 20.6. The molecule has 0 unspecified atom stereocenters. The number of aromatic nitrogens is 3. The maximum atomic E-state index is 13.2. The van der Waals surface area contributed by atoms with Gasteiger partial charge in [-0.1, -0.05) is 12.1 Å². The van der Waals surface area contributed by atoms with Gasteiger partial charge in [0.1, 0.15) is 12.7 Å². The maximum Gasteiger partial charge on any atom is 0.243 e. The Hall–Kier alpha value is -3.04. The van der Waals surface area contributed by atoms with Gasteiger partial charge >= 0.3 is 0 Å². The molecule has 9 heteroatoms. The summed E-state index contributed by atoms with van der Waals surface area (Å²) in [6.45, 7) is 1.85. The number of nitrogens with zero attached hydrogens (tertiary/aromatic N) is 4. The van der Waals surface area contributed by atoms with Gasteiger partial charge in [-0.2, -0.15) is 9.40 Å². The molecule has 1 aliphatic heterocycles. The number of anilines is 1. The van der Waals surface area contributed by atoms with Crippen molar-refractivity contribution >= 4 is 21.6 Å². The van der Waals surface area contributed by atoms with Crippen LogP contribution in [0.2, 0.25) is 0 Å². The van der Waals surface area contributed by atoms with Crippen LogP contribution in [0.5, 0.6) is 0 Å². The summed E-state index contributed by atoms with van der Waals surface area (Å²) in [7, 11) is -2.12. The lowest BCUT2D eigenvalue weighted by atomic mass is 10.0. The van der Waals surface area contributed by atoms with Crippen molar-refractivity contribution in [3.05, 3.63) is 66.2 Å². The minimum absolute atomic E-state index is 0.0480. The molecule has 0 aliphatic carbocycles. The van der Waals surface area contributed by atoms with E-state index in [0.717, 1.165) is 16.8 Å². The van der Waals surface area contributed by atoms with E-state index in [9.17, 15) is 13.2 Å². The van der Waals surface area contributed by atoms with Crippen molar-refractivity contribution in [2.24, 2.45) is 0 Å². The Morgan fingerprint density at radius 1 is 1.14 bits per heavy atom. The molecule has 2 heterocycles. The van der Waals surface area contributed by atoms with Crippen LogP contribution < -0.4 is 5.32 Å². The van der Waals surface area contributed by atoms with Crippen molar-refractivity contribution in [3.8, 4) is 5.69 Å². The molecule has 150 valence electrons. The molecule has 4 rings (SSSR count). The van der Waals surface area contributed by atoms with Gasteiger partial charge in [0.25, 0.3) is 0 Å². The second-order valence-corrected chi connectivity index (χ2v) is 8.99. The molecular weight excluding hydrogens is 390 g/mol. The number of hydrogen-bond acceptors (Lipinski definition) is 5. The summed E-state index contributed by atoms with van der Waals surface area (Å²) in [5.41, 5.74) is 3.23. The summed E-state index contributed by atoms with van der Waals surface area (Å²) in [6, 6.07) is 12.0. The number of hydrogen-bond donors (Lipinski definition) is 1. The fourth-order valence-corrected chi connectivity index (χ4v) is 4.75. The van der Waals surface area contributed by atoms with Crippen LogP contribution in [0.15, 0.2) is 60.0 Å². The second kappa shape index (κ2) is 7.41. The number of carbonyl (C=O) groups excluding carboxylic acids is 1. The van der Waals surface area contributed by atoms with E-state index >= 15 is 0 Å². The quantitative estimate of drug-likeness (QED) is 0.696. The Labute approximate surface area is 169 Å². The van der Waals surface area contributed by atoms with Gasteiger partial charge in [0.2, 0.25) is 15.9 Å². The summed E-state index contributed by atoms with van der Waals surface area (Å²) >= 11 is 0. The van der Waals surface area contributed by atoms with Crippen LogP contribution in [0.1, 0.15) is 30.5 Å². The molecule has 1 amide bonds. The lowest BCUT2D eigenvalue weighted by Crippen LogP contribution is -2.30. The first kappa shape index (κ1) is 19.3. The molecule has 2 aromatic carbocycles. The SMILES string of the molecule is C[C@@H](c1ccc(-n2cncn2)cc1)N(C)S(=O)(=O)c1ccc2c(c1)CCC(=O)N2. The fourth-order valence-electron chi connectivity index (χ4n) is 3.35. The van der Waals surface area contributed by atoms with E-state index in [0.29, 0.717) is 18.5 Å². The van der Waals surface area contributed by atoms with Crippen LogP contribution in [-0.2, 0) is 21.2 Å². The number of sulfonamides is 1. The van der Waals surface area contributed by atoms with Gasteiger partial charge in [0.15, 0.2) is 0 Å². The average molecular weight is 411 g/mol. The number of aryl methyl sites for hydroxylation is 1. The topological polar surface area (TPSA) is 97.2 Å². The van der Waals surface area contributed by atoms with E-state index in [1.165, 1.54) is 16.7 Å². The summed E-state index contributed by atoms with van der Waals surface area (Å²) in [6.07, 6.45) is 3.96. The largest absolute Gasteiger partial charge is 0.326 e. The van der Waals surface area contributed by atoms with Crippen molar-refractivity contribution in [1.82, 2.24) is 19.1 Å². The predicted octanol–water partition coefficient (Wildman–Crippen LogP) is 2.53. The van der Waals surface area contributed by atoms with E-state index in [1.807, 2.05) is 31.2 Å². The molecule has 0 fully saturated rings. The molecule has 1 aliphatic rings. The molecular formula is C20H21N5O3S. The van der Waals surface area contributed by atoms with Crippen LogP contribution >= 0.6 is 0 Å². The van der Waals surface area contributed by atoms with Crippen LogP contribution in [0.3, 0.4) is 0 Å². The fraction of sp³-hybridized carbons (Fsp3) is 0.250. The standard InChI is InChI=1S/C20H21N5O3S/c1-14(15-3-6-17(7-4-15)25-13-21-12-22-25)24(2)29(27,28)18-8-9-19-16(11-18)5-10-20(26)23-19/h3-4,6-9,11-14H,5,10H2,1-2H3,(H,23,26)/t14-/m0/s1. The molecule has 0 bridgehead atoms. The van der Waals surface area contributed by atoms with Crippen molar-refractivity contribution in [2.75, 3.05) is 12.4 Å². The number of nitrogens with one attached hydrogen (secondary N) is 1. The van der Waals surface area contributed by atoms with Gasteiger partial charge in [-0.3, -0.25) is 4.79 Å². The molecule has 0 radical (unpaired) electrons. The van der Waals surface area contributed by atoms with Gasteiger partial charge < -0.3 is 5.32 Å². The highest BCUT2D eigenvalue weighted by atomic mass is 32.2. The third kappa shape index (κ3) is 3.66. The van der Waals surface area contributed by atoms with Crippen LogP contribution in [0.4, 0.5) is 5.69 Å². The van der Waals surface area contributed by atoms with Gasteiger partial charge in [0, 0.05) is 25.2 Å². The summed E-state index contributed by atoms with van der Waals surface area (Å²) in [4.78, 5) is 15.7. The summed E-state index contributed by atoms with van der Waals surface area (Å²) < 4.78 is 29.3. The highest BCUT2D eigenvalue weighted by Crippen LogP contribution is 2.30. The van der Waals surface area contributed by atoms with E-state index in [-0.39, 0.29) is 16.8 Å². The van der Waals surface area contributed by atoms with Crippen LogP contribution in [-0.4, -0.2) is 40.4 Å². The normalized spacial score (nSPS) is 15.1. The van der Waals surface area contributed by atoms with E-state index in [2.05, 4.69) is 15.4 Å². The molecule has 8 nitrogen and oxygen atoms in total. The Bertz CT molecular complexity index is 1140. The Morgan fingerprint density at radius 2 is 1.90 bits per heavy atom. The van der Waals surface area contributed by atoms with Crippen LogP contribution in [0.25, 0.3) is 5.69 Å². The van der Waals surface area contributed by atoms with Gasteiger partial charge in [0.05, 0.1) is 10.6 Å². The predicted molar refractivity (Wildman–Crippen MR) is 108 cm³/mol. The lowest BCUT2D eigenvalue weighted by Gasteiger charge is -2.26. The molecule has 3 aromatic rings. The minimum atomic E-state index is -3.69. The number of carbonyl (C=O) groups is 1. The minimum Gasteiger partial charge on any atom is -0.326 e. The molecule has 0 saturated heterocycles. The van der Waals surface area contributed by atoms with E-state index in [4.69, 9.17) is 0 Å². The highest BCUT2D eigenvalue weighted by Gasteiger charge is 2.28. The van der Waals surface area contributed by atoms with Crippen LogP contribution in [0, 0.1) is 0 Å². The zero-order valence-electron chi connectivity index (χ0n) is 16.1. The number of benzene rings is 2. The molecule has 1 aromatic heterocycles. The lowest BCUT2D eigenvalue weighted by molar-refractivity contribution is -0.116. The first-order chi connectivity index (χ1) is 13.9. The first-order valence-electron chi connectivity index (χ1n) is 9.22. The number of rotatable bonds is 5. The Kier molecular flexibility index (Phi) is 4.93. The maximum absolute atomic E-state index is 13.2. The molecule has 0 spiro atoms. The van der Waals surface area contributed by atoms with Crippen molar-refractivity contribution in [2.45, 2.75) is 30.7 Å². The zero-order valence-corrected chi connectivity index (χ0v) is 16.9. The smallest absolute Gasteiger partial charge is 0.243 e. The monoisotopic (exact) mass is 411 g/mol. The molecule has 0 saturated carbocycles. The van der Waals surface area contributed by atoms with Crippen molar-refractivity contribution in [3.63, 3.8) is 0 Å². The highest BCUT2D eigenvalue weighted by molar-refractivity contribution is 7.89. The molecule has 1 N–H and O–H groups in total. The Balaban J connectivity index is 1.58. The third-order valence-electron chi connectivity index (χ3n) is 5.25. The summed E-state index contributed by atoms with van der Waals surface area (Å²) in [5.74, 6) is -0.0480. The Morgan fingerprint density at radius 3 is 2.59 bits per heavy atom. The third-order valence-corrected chi connectivity index (χ3v) is 7.18. The average Bonchev–Trinajstić information content (AvgIpc) is 3.27. The summed E-state index contributed by atoms with van der Waals surface area (Å²) in [5, 5.41) is 6.86. The van der Waals surface area contributed by atoms with E-state index < -0.39 is 10.0 Å². The second-order valence-electron chi connectivity index (χ2n) is 7.00. The number of fused-ring (bicyclic) bond motifs is 1. The number of amides is 1. The first-order valence-corrected chi connectivity index (χ1v) is 10.7. The van der Waals surface area contributed by atoms with Crippen molar-refractivity contribution in [1.29, 1.82) is 0 Å².